The maximum absolute atomic E-state index is 12.1. The van der Waals surface area contributed by atoms with E-state index in [0.717, 1.165) is 26.2 Å². The van der Waals surface area contributed by atoms with Crippen LogP contribution in [0.4, 0.5) is 0 Å². The number of aromatic nitrogens is 1. The molecule has 2 atom stereocenters. The van der Waals surface area contributed by atoms with Crippen LogP contribution in [0.1, 0.15) is 29.2 Å². The molecule has 1 aromatic heterocycles. The average molecular weight is 294 g/mol. The molecular weight excluding hydrogens is 272 g/mol. The molecule has 4 rings (SSSR count). The number of rotatable bonds is 2. The molecule has 0 spiro atoms. The molecule has 0 aliphatic carbocycles. The van der Waals surface area contributed by atoms with Gasteiger partial charge >= 0.3 is 0 Å². The van der Waals surface area contributed by atoms with Crippen LogP contribution in [0.3, 0.4) is 0 Å². The van der Waals surface area contributed by atoms with Crippen LogP contribution in [-0.2, 0) is 13.1 Å². The fourth-order valence-electron chi connectivity index (χ4n) is 4.19. The lowest BCUT2D eigenvalue weighted by Gasteiger charge is -2.42. The average Bonchev–Trinajstić information content (AvgIpc) is 2.48. The number of hydrogen-bond acceptors (Lipinski definition) is 2. The highest BCUT2D eigenvalue weighted by Gasteiger charge is 2.34. The normalized spacial score (nSPS) is 24.0. The van der Waals surface area contributed by atoms with Crippen LogP contribution < -0.4 is 5.56 Å². The van der Waals surface area contributed by atoms with Crippen molar-refractivity contribution in [2.75, 3.05) is 13.1 Å². The Morgan fingerprint density at radius 1 is 1.09 bits per heavy atom. The summed E-state index contributed by atoms with van der Waals surface area (Å²) in [6.45, 7) is 6.22. The number of likely N-dealkylation sites (tertiary alicyclic amines) is 1. The Labute approximate surface area is 131 Å². The lowest BCUT2D eigenvalue weighted by Crippen LogP contribution is -2.46. The van der Waals surface area contributed by atoms with Crippen molar-refractivity contribution in [2.45, 2.75) is 32.4 Å². The highest BCUT2D eigenvalue weighted by molar-refractivity contribution is 5.23. The first-order chi connectivity index (χ1) is 10.7. The maximum atomic E-state index is 12.1. The first kappa shape index (κ1) is 13.8. The third-order valence-corrected chi connectivity index (χ3v) is 5.04. The minimum atomic E-state index is 0.166. The van der Waals surface area contributed by atoms with E-state index in [-0.39, 0.29) is 5.56 Å². The zero-order chi connectivity index (χ0) is 15.1. The smallest absolute Gasteiger partial charge is 0.250 e. The van der Waals surface area contributed by atoms with Crippen molar-refractivity contribution in [1.82, 2.24) is 9.47 Å². The Kier molecular flexibility index (Phi) is 3.38. The molecular formula is C19H22N2O. The Hall–Kier alpha value is -1.87. The van der Waals surface area contributed by atoms with E-state index in [9.17, 15) is 4.79 Å². The second-order valence-electron chi connectivity index (χ2n) is 6.88. The minimum Gasteiger partial charge on any atom is -0.312 e. The molecule has 2 aliphatic rings. The molecule has 3 heteroatoms. The highest BCUT2D eigenvalue weighted by atomic mass is 16.1. The van der Waals surface area contributed by atoms with Crippen LogP contribution in [0.25, 0.3) is 0 Å². The van der Waals surface area contributed by atoms with Crippen molar-refractivity contribution >= 4 is 0 Å². The van der Waals surface area contributed by atoms with Crippen molar-refractivity contribution in [3.8, 4) is 0 Å². The number of piperidine rings is 1. The minimum absolute atomic E-state index is 0.166. The molecule has 3 heterocycles. The molecule has 1 saturated heterocycles. The Bertz CT molecular complexity index is 749. The Morgan fingerprint density at radius 2 is 1.95 bits per heavy atom. The van der Waals surface area contributed by atoms with E-state index in [1.54, 1.807) is 6.07 Å². The zero-order valence-corrected chi connectivity index (χ0v) is 13.0. The predicted molar refractivity (Wildman–Crippen MR) is 88.0 cm³/mol. The van der Waals surface area contributed by atoms with Crippen LogP contribution in [-0.4, -0.2) is 22.6 Å². The number of benzene rings is 1. The van der Waals surface area contributed by atoms with Gasteiger partial charge in [0.25, 0.3) is 5.56 Å². The summed E-state index contributed by atoms with van der Waals surface area (Å²) < 4.78 is 2.00. The number of hydrogen-bond donors (Lipinski definition) is 0. The Morgan fingerprint density at radius 3 is 2.82 bits per heavy atom. The molecule has 1 aromatic carbocycles. The van der Waals surface area contributed by atoms with Gasteiger partial charge in [-0.1, -0.05) is 35.9 Å². The highest BCUT2D eigenvalue weighted by Crippen LogP contribution is 2.35. The SMILES string of the molecule is Cc1cccc(CN2CC3CC(C2)c2cccc(=O)n2C3)c1. The Balaban J connectivity index is 1.57. The van der Waals surface area contributed by atoms with Gasteiger partial charge < -0.3 is 4.57 Å². The molecule has 0 amide bonds. The van der Waals surface area contributed by atoms with E-state index in [2.05, 4.69) is 42.2 Å². The molecule has 2 unspecified atom stereocenters. The number of nitrogens with zero attached hydrogens (tertiary/aromatic N) is 2. The second kappa shape index (κ2) is 5.40. The first-order valence-corrected chi connectivity index (χ1v) is 8.17. The van der Waals surface area contributed by atoms with Gasteiger partial charge in [0.1, 0.15) is 0 Å². The molecule has 0 saturated carbocycles. The number of pyridine rings is 1. The summed E-state index contributed by atoms with van der Waals surface area (Å²) in [5.74, 6) is 1.11. The summed E-state index contributed by atoms with van der Waals surface area (Å²) in [5.41, 5.74) is 4.12. The quantitative estimate of drug-likeness (QED) is 0.851. The van der Waals surface area contributed by atoms with Crippen LogP contribution in [0.2, 0.25) is 0 Å². The molecule has 3 nitrogen and oxygen atoms in total. The van der Waals surface area contributed by atoms with Crippen LogP contribution >= 0.6 is 0 Å². The van der Waals surface area contributed by atoms with E-state index in [0.29, 0.717) is 11.8 Å². The van der Waals surface area contributed by atoms with Gasteiger partial charge in [0.05, 0.1) is 0 Å². The fraction of sp³-hybridized carbons (Fsp3) is 0.421. The number of aryl methyl sites for hydroxylation is 1. The summed E-state index contributed by atoms with van der Waals surface area (Å²) >= 11 is 0. The van der Waals surface area contributed by atoms with Crippen LogP contribution in [0, 0.1) is 12.8 Å². The van der Waals surface area contributed by atoms with Crippen molar-refractivity contribution in [2.24, 2.45) is 5.92 Å². The van der Waals surface area contributed by atoms with Gasteiger partial charge in [-0.25, -0.2) is 0 Å². The summed E-state index contributed by atoms with van der Waals surface area (Å²) in [5, 5.41) is 0. The maximum Gasteiger partial charge on any atom is 0.250 e. The third-order valence-electron chi connectivity index (χ3n) is 5.04. The van der Waals surface area contributed by atoms with Crippen molar-refractivity contribution < 1.29 is 0 Å². The summed E-state index contributed by atoms with van der Waals surface area (Å²) in [6.07, 6.45) is 1.23. The monoisotopic (exact) mass is 294 g/mol. The largest absolute Gasteiger partial charge is 0.312 e. The van der Waals surface area contributed by atoms with E-state index in [1.807, 2.05) is 10.6 Å². The van der Waals surface area contributed by atoms with Crippen molar-refractivity contribution in [3.05, 3.63) is 69.6 Å². The standard InChI is InChI=1S/C19H22N2O/c1-14-4-2-5-15(8-14)10-20-11-16-9-17(13-20)18-6-3-7-19(22)21(18)12-16/h2-8,16-17H,9-13H2,1H3. The van der Waals surface area contributed by atoms with Gasteiger partial charge in [-0.15, -0.1) is 0 Å². The molecule has 22 heavy (non-hydrogen) atoms. The van der Waals surface area contributed by atoms with Crippen LogP contribution in [0.15, 0.2) is 47.3 Å². The van der Waals surface area contributed by atoms with E-state index < -0.39 is 0 Å². The molecule has 2 aromatic rings. The molecule has 0 N–H and O–H groups in total. The summed E-state index contributed by atoms with van der Waals surface area (Å²) in [7, 11) is 0. The third kappa shape index (κ3) is 2.50. The van der Waals surface area contributed by atoms with E-state index in [4.69, 9.17) is 0 Å². The lowest BCUT2D eigenvalue weighted by molar-refractivity contribution is 0.114. The van der Waals surface area contributed by atoms with E-state index >= 15 is 0 Å². The number of fused-ring (bicyclic) bond motifs is 4. The van der Waals surface area contributed by atoms with Gasteiger partial charge in [-0.3, -0.25) is 9.69 Å². The van der Waals surface area contributed by atoms with Gasteiger partial charge in [0, 0.05) is 43.9 Å². The van der Waals surface area contributed by atoms with Crippen LogP contribution in [0.5, 0.6) is 0 Å². The predicted octanol–water partition coefficient (Wildman–Crippen LogP) is 2.78. The van der Waals surface area contributed by atoms with E-state index in [1.165, 1.54) is 23.2 Å². The summed E-state index contributed by atoms with van der Waals surface area (Å²) in [6, 6.07) is 14.5. The van der Waals surface area contributed by atoms with Gasteiger partial charge in [0.15, 0.2) is 0 Å². The molecule has 0 radical (unpaired) electrons. The molecule has 2 aliphatic heterocycles. The second-order valence-corrected chi connectivity index (χ2v) is 6.88. The lowest BCUT2D eigenvalue weighted by atomic mass is 9.83. The fourth-order valence-corrected chi connectivity index (χ4v) is 4.19. The zero-order valence-electron chi connectivity index (χ0n) is 13.0. The molecule has 2 bridgehead atoms. The van der Waals surface area contributed by atoms with Gasteiger partial charge in [-0.2, -0.15) is 0 Å². The van der Waals surface area contributed by atoms with Gasteiger partial charge in [0.2, 0.25) is 0 Å². The molecule has 114 valence electrons. The van der Waals surface area contributed by atoms with Gasteiger partial charge in [-0.05, 0) is 30.9 Å². The first-order valence-electron chi connectivity index (χ1n) is 8.17. The molecule has 1 fully saturated rings. The van der Waals surface area contributed by atoms with Crippen molar-refractivity contribution in [3.63, 3.8) is 0 Å². The summed E-state index contributed by atoms with van der Waals surface area (Å²) in [4.78, 5) is 14.6. The topological polar surface area (TPSA) is 25.2 Å². The van der Waals surface area contributed by atoms with Crippen molar-refractivity contribution in [1.29, 1.82) is 0 Å².